The largest absolute Gasteiger partial charge is 0.478 e. The van der Waals surface area contributed by atoms with Gasteiger partial charge in [-0.15, -0.1) is 0 Å². The van der Waals surface area contributed by atoms with E-state index in [4.69, 9.17) is 10.2 Å². The summed E-state index contributed by atoms with van der Waals surface area (Å²) in [6, 6.07) is 5.79. The minimum absolute atomic E-state index is 0.140. The number of aromatic nitrogens is 2. The highest BCUT2D eigenvalue weighted by molar-refractivity contribution is 5.88. The minimum Gasteiger partial charge on any atom is -0.478 e. The van der Waals surface area contributed by atoms with Gasteiger partial charge in [-0.25, -0.2) is 9.59 Å². The fourth-order valence-electron chi connectivity index (χ4n) is 1.84. The van der Waals surface area contributed by atoms with E-state index in [9.17, 15) is 9.59 Å². The number of aromatic carboxylic acids is 2. The summed E-state index contributed by atoms with van der Waals surface area (Å²) < 4.78 is 0. The summed E-state index contributed by atoms with van der Waals surface area (Å²) in [5, 5.41) is 17.9. The molecule has 0 radical (unpaired) electrons. The van der Waals surface area contributed by atoms with Gasteiger partial charge >= 0.3 is 11.9 Å². The number of carbonyl (C=O) groups is 2. The summed E-state index contributed by atoms with van der Waals surface area (Å²) in [4.78, 5) is 30.2. The van der Waals surface area contributed by atoms with E-state index >= 15 is 0 Å². The van der Waals surface area contributed by atoms with Crippen LogP contribution in [0.2, 0.25) is 0 Å². The molecule has 0 aliphatic carbocycles. The number of carboxylic acids is 2. The number of hydrogen-bond donors (Lipinski definition) is 2. The van der Waals surface area contributed by atoms with Crippen LogP contribution < -0.4 is 0 Å². The topological polar surface area (TPSA) is 100 Å². The molecule has 0 unspecified atom stereocenters. The van der Waals surface area contributed by atoms with E-state index in [2.05, 4.69) is 9.97 Å². The molecule has 0 saturated carbocycles. The smallest absolute Gasteiger partial charge is 0.335 e. The Hall–Kier alpha value is -2.76. The van der Waals surface area contributed by atoms with Crippen LogP contribution in [0.5, 0.6) is 0 Å². The van der Waals surface area contributed by atoms with Crippen molar-refractivity contribution >= 4 is 11.9 Å². The first-order valence-electron chi connectivity index (χ1n) is 5.85. The molecule has 2 aromatic rings. The predicted molar refractivity (Wildman–Crippen MR) is 69.9 cm³/mol. The first-order valence-corrected chi connectivity index (χ1v) is 5.85. The number of carboxylic acid groups (broad SMARTS) is 2. The van der Waals surface area contributed by atoms with Crippen molar-refractivity contribution in [1.29, 1.82) is 0 Å². The second-order valence-corrected chi connectivity index (χ2v) is 4.31. The Kier molecular flexibility index (Phi) is 3.74. The zero-order chi connectivity index (χ0) is 14.7. The zero-order valence-electron chi connectivity index (χ0n) is 10.7. The molecule has 0 aliphatic rings. The number of rotatable bonds is 4. The predicted octanol–water partition coefficient (Wildman–Crippen LogP) is 1.77. The van der Waals surface area contributed by atoms with E-state index in [-0.39, 0.29) is 17.5 Å². The van der Waals surface area contributed by atoms with Gasteiger partial charge in [0.05, 0.1) is 11.1 Å². The molecule has 6 nitrogen and oxygen atoms in total. The van der Waals surface area contributed by atoms with Crippen LogP contribution in [-0.2, 0) is 6.42 Å². The van der Waals surface area contributed by atoms with Crippen molar-refractivity contribution in [3.8, 4) is 0 Å². The SMILES string of the molecule is Cc1cc(C(=O)O)cc(Cc2cc(C(=O)O)ccn2)n1. The van der Waals surface area contributed by atoms with Crippen molar-refractivity contribution in [3.63, 3.8) is 0 Å². The first kappa shape index (κ1) is 13.7. The van der Waals surface area contributed by atoms with Gasteiger partial charge in [0, 0.05) is 29.7 Å². The maximum Gasteiger partial charge on any atom is 0.335 e. The summed E-state index contributed by atoms with van der Waals surface area (Å²) in [6.07, 6.45) is 1.69. The number of nitrogens with zero attached hydrogens (tertiary/aromatic N) is 2. The van der Waals surface area contributed by atoms with Crippen LogP contribution >= 0.6 is 0 Å². The van der Waals surface area contributed by atoms with Gasteiger partial charge in [-0.2, -0.15) is 0 Å². The van der Waals surface area contributed by atoms with Crippen molar-refractivity contribution in [2.24, 2.45) is 0 Å². The molecule has 0 spiro atoms. The average molecular weight is 272 g/mol. The van der Waals surface area contributed by atoms with Crippen LogP contribution in [0.25, 0.3) is 0 Å². The summed E-state index contributed by atoms with van der Waals surface area (Å²) in [7, 11) is 0. The van der Waals surface area contributed by atoms with Crippen LogP contribution in [-0.4, -0.2) is 32.1 Å². The minimum atomic E-state index is -1.03. The van der Waals surface area contributed by atoms with Gasteiger partial charge in [0.2, 0.25) is 0 Å². The molecule has 0 aromatic carbocycles. The molecule has 2 aromatic heterocycles. The Morgan fingerprint density at radius 3 is 2.35 bits per heavy atom. The van der Waals surface area contributed by atoms with Crippen LogP contribution in [0.1, 0.15) is 37.8 Å². The third kappa shape index (κ3) is 3.17. The molecule has 2 rings (SSSR count). The zero-order valence-corrected chi connectivity index (χ0v) is 10.7. The Balaban J connectivity index is 2.32. The second-order valence-electron chi connectivity index (χ2n) is 4.31. The van der Waals surface area contributed by atoms with Gasteiger partial charge in [-0.05, 0) is 31.2 Å². The lowest BCUT2D eigenvalue weighted by molar-refractivity contribution is 0.0686. The Labute approximate surface area is 114 Å². The van der Waals surface area contributed by atoms with Crippen molar-refractivity contribution < 1.29 is 19.8 Å². The van der Waals surface area contributed by atoms with Crippen molar-refractivity contribution in [2.45, 2.75) is 13.3 Å². The Bertz CT molecular complexity index is 683. The number of hydrogen-bond acceptors (Lipinski definition) is 4. The lowest BCUT2D eigenvalue weighted by Crippen LogP contribution is -2.04. The maximum atomic E-state index is 11.0. The molecule has 20 heavy (non-hydrogen) atoms. The summed E-state index contributed by atoms with van der Waals surface area (Å²) in [5.41, 5.74) is 1.95. The average Bonchev–Trinajstić information content (AvgIpc) is 2.38. The molecule has 0 bridgehead atoms. The van der Waals surface area contributed by atoms with Gasteiger partial charge < -0.3 is 10.2 Å². The molecule has 102 valence electrons. The standard InChI is InChI=1S/C14H12N2O4/c1-8-4-10(14(19)20)6-12(16-8)7-11-5-9(13(17)18)2-3-15-11/h2-6H,7H2,1H3,(H,17,18)(H,19,20). The second kappa shape index (κ2) is 5.48. The van der Waals surface area contributed by atoms with E-state index in [0.29, 0.717) is 17.1 Å². The van der Waals surface area contributed by atoms with Crippen molar-refractivity contribution in [1.82, 2.24) is 9.97 Å². The molecule has 6 heteroatoms. The third-order valence-corrected chi connectivity index (χ3v) is 2.68. The lowest BCUT2D eigenvalue weighted by Gasteiger charge is -2.05. The fraction of sp³-hybridized carbons (Fsp3) is 0.143. The molecule has 2 heterocycles. The molecule has 0 atom stereocenters. The van der Waals surface area contributed by atoms with Crippen molar-refractivity contribution in [3.05, 3.63) is 58.7 Å². The van der Waals surface area contributed by atoms with Crippen LogP contribution in [0.15, 0.2) is 30.5 Å². The molecule has 2 N–H and O–H groups in total. The van der Waals surface area contributed by atoms with Gasteiger partial charge in [-0.3, -0.25) is 9.97 Å². The van der Waals surface area contributed by atoms with Crippen LogP contribution in [0.4, 0.5) is 0 Å². The van der Waals surface area contributed by atoms with Crippen LogP contribution in [0.3, 0.4) is 0 Å². The van der Waals surface area contributed by atoms with E-state index in [1.807, 2.05) is 0 Å². The first-order chi connectivity index (χ1) is 9.45. The fourth-order valence-corrected chi connectivity index (χ4v) is 1.84. The quantitative estimate of drug-likeness (QED) is 0.879. The molecular weight excluding hydrogens is 260 g/mol. The maximum absolute atomic E-state index is 11.0. The Morgan fingerprint density at radius 1 is 1.05 bits per heavy atom. The monoisotopic (exact) mass is 272 g/mol. The van der Waals surface area contributed by atoms with Crippen LogP contribution in [0, 0.1) is 6.92 Å². The highest BCUT2D eigenvalue weighted by Crippen LogP contribution is 2.11. The lowest BCUT2D eigenvalue weighted by atomic mass is 10.1. The number of aryl methyl sites for hydroxylation is 1. The molecule has 0 aliphatic heterocycles. The number of pyridine rings is 2. The van der Waals surface area contributed by atoms with E-state index < -0.39 is 11.9 Å². The van der Waals surface area contributed by atoms with E-state index in [0.717, 1.165) is 0 Å². The van der Waals surface area contributed by atoms with E-state index in [1.165, 1.54) is 30.5 Å². The molecule has 0 fully saturated rings. The molecular formula is C14H12N2O4. The van der Waals surface area contributed by atoms with Gasteiger partial charge in [0.1, 0.15) is 0 Å². The van der Waals surface area contributed by atoms with Gasteiger partial charge in [0.25, 0.3) is 0 Å². The summed E-state index contributed by atoms with van der Waals surface area (Å²) in [5.74, 6) is -2.05. The summed E-state index contributed by atoms with van der Waals surface area (Å²) >= 11 is 0. The highest BCUT2D eigenvalue weighted by Gasteiger charge is 2.09. The Morgan fingerprint density at radius 2 is 1.70 bits per heavy atom. The highest BCUT2D eigenvalue weighted by atomic mass is 16.4. The molecule has 0 amide bonds. The summed E-state index contributed by atoms with van der Waals surface area (Å²) in [6.45, 7) is 1.71. The van der Waals surface area contributed by atoms with Gasteiger partial charge in [-0.1, -0.05) is 0 Å². The normalized spacial score (nSPS) is 10.2. The van der Waals surface area contributed by atoms with Gasteiger partial charge in [0.15, 0.2) is 0 Å². The third-order valence-electron chi connectivity index (χ3n) is 2.68. The van der Waals surface area contributed by atoms with E-state index in [1.54, 1.807) is 6.92 Å². The van der Waals surface area contributed by atoms with Crippen molar-refractivity contribution in [2.75, 3.05) is 0 Å². The molecule has 0 saturated heterocycles.